The lowest BCUT2D eigenvalue weighted by Gasteiger charge is -2.08. The van der Waals surface area contributed by atoms with Gasteiger partial charge in [0.2, 0.25) is 0 Å². The summed E-state index contributed by atoms with van der Waals surface area (Å²) in [5.41, 5.74) is 6.73. The van der Waals surface area contributed by atoms with Crippen molar-refractivity contribution in [2.45, 2.75) is 12.5 Å². The van der Waals surface area contributed by atoms with E-state index in [4.69, 9.17) is 15.2 Å². The molecule has 1 aliphatic rings. The van der Waals surface area contributed by atoms with Gasteiger partial charge >= 0.3 is 0 Å². The molecule has 1 unspecified atom stereocenters. The third-order valence-electron chi connectivity index (χ3n) is 2.28. The summed E-state index contributed by atoms with van der Waals surface area (Å²) in [4.78, 5) is 0. The number of benzene rings is 1. The van der Waals surface area contributed by atoms with Crippen molar-refractivity contribution in [3.05, 3.63) is 23.8 Å². The Morgan fingerprint density at radius 3 is 3.15 bits per heavy atom. The van der Waals surface area contributed by atoms with Gasteiger partial charge < -0.3 is 15.2 Å². The Hall–Kier alpha value is -1.22. The molecule has 2 N–H and O–H groups in total. The quantitative estimate of drug-likeness (QED) is 0.735. The van der Waals surface area contributed by atoms with Crippen LogP contribution in [-0.4, -0.2) is 19.8 Å². The van der Waals surface area contributed by atoms with Crippen LogP contribution >= 0.6 is 0 Å². The van der Waals surface area contributed by atoms with Crippen molar-refractivity contribution in [3.8, 4) is 11.5 Å². The molecule has 0 aromatic heterocycles. The van der Waals surface area contributed by atoms with Gasteiger partial charge in [0.25, 0.3) is 0 Å². The predicted molar refractivity (Wildman–Crippen MR) is 50.2 cm³/mol. The summed E-state index contributed by atoms with van der Waals surface area (Å²) in [6.45, 7) is 0.553. The highest BCUT2D eigenvalue weighted by molar-refractivity contribution is 5.49. The van der Waals surface area contributed by atoms with E-state index in [2.05, 4.69) is 0 Å². The smallest absolute Gasteiger partial charge is 0.164 e. The second-order valence-electron chi connectivity index (χ2n) is 3.13. The molecule has 0 aliphatic carbocycles. The highest BCUT2D eigenvalue weighted by atomic mass is 16.5. The van der Waals surface area contributed by atoms with Crippen molar-refractivity contribution in [1.29, 1.82) is 0 Å². The topological polar surface area (TPSA) is 44.5 Å². The zero-order valence-electron chi connectivity index (χ0n) is 7.62. The zero-order chi connectivity index (χ0) is 9.26. The molecule has 0 radical (unpaired) electrons. The summed E-state index contributed by atoms with van der Waals surface area (Å²) in [5.74, 6) is 1.66. The van der Waals surface area contributed by atoms with E-state index in [-0.39, 0.29) is 6.10 Å². The number of fused-ring (bicyclic) bond motifs is 1. The molecular weight excluding hydrogens is 166 g/mol. The van der Waals surface area contributed by atoms with Crippen LogP contribution in [0.4, 0.5) is 0 Å². The van der Waals surface area contributed by atoms with E-state index in [1.165, 1.54) is 5.56 Å². The van der Waals surface area contributed by atoms with Crippen LogP contribution in [0.5, 0.6) is 11.5 Å². The molecule has 1 aromatic carbocycles. The molecule has 13 heavy (non-hydrogen) atoms. The maximum atomic E-state index is 5.63. The number of hydrogen-bond donors (Lipinski definition) is 1. The van der Waals surface area contributed by atoms with E-state index in [1.54, 1.807) is 7.11 Å². The molecule has 0 saturated carbocycles. The van der Waals surface area contributed by atoms with E-state index in [0.29, 0.717) is 6.54 Å². The molecule has 3 heteroatoms. The third kappa shape index (κ3) is 1.35. The molecule has 3 nitrogen and oxygen atoms in total. The first kappa shape index (κ1) is 8.38. The fraction of sp³-hybridized carbons (Fsp3) is 0.400. The fourth-order valence-electron chi connectivity index (χ4n) is 1.60. The normalized spacial score (nSPS) is 19.4. The van der Waals surface area contributed by atoms with E-state index in [1.807, 2.05) is 18.2 Å². The Morgan fingerprint density at radius 1 is 1.62 bits per heavy atom. The van der Waals surface area contributed by atoms with Gasteiger partial charge in [0.1, 0.15) is 6.10 Å². The molecule has 1 aliphatic heterocycles. The average Bonchev–Trinajstić information content (AvgIpc) is 2.59. The fourth-order valence-corrected chi connectivity index (χ4v) is 1.60. The van der Waals surface area contributed by atoms with Gasteiger partial charge in [-0.1, -0.05) is 12.1 Å². The van der Waals surface area contributed by atoms with Crippen LogP contribution in [-0.2, 0) is 6.42 Å². The van der Waals surface area contributed by atoms with Crippen molar-refractivity contribution < 1.29 is 9.47 Å². The molecule has 0 amide bonds. The monoisotopic (exact) mass is 179 g/mol. The summed E-state index contributed by atoms with van der Waals surface area (Å²) < 4.78 is 10.8. The second kappa shape index (κ2) is 3.26. The lowest BCUT2D eigenvalue weighted by molar-refractivity contribution is 0.231. The Morgan fingerprint density at radius 2 is 2.46 bits per heavy atom. The Bertz CT molecular complexity index is 312. The summed E-state index contributed by atoms with van der Waals surface area (Å²) >= 11 is 0. The number of nitrogens with two attached hydrogens (primary N) is 1. The first-order valence-electron chi connectivity index (χ1n) is 4.37. The van der Waals surface area contributed by atoms with Crippen molar-refractivity contribution in [2.75, 3.05) is 13.7 Å². The summed E-state index contributed by atoms with van der Waals surface area (Å²) in [6.07, 6.45) is 1.01. The van der Waals surface area contributed by atoms with Gasteiger partial charge in [0.05, 0.1) is 7.11 Å². The minimum absolute atomic E-state index is 0.117. The van der Waals surface area contributed by atoms with Crippen LogP contribution < -0.4 is 15.2 Å². The Balaban J connectivity index is 2.33. The second-order valence-corrected chi connectivity index (χ2v) is 3.13. The lowest BCUT2D eigenvalue weighted by atomic mass is 10.1. The molecule has 1 aromatic rings. The number of rotatable bonds is 2. The average molecular weight is 179 g/mol. The molecule has 0 saturated heterocycles. The van der Waals surface area contributed by atoms with Gasteiger partial charge in [-0.2, -0.15) is 0 Å². The molecule has 70 valence electrons. The highest BCUT2D eigenvalue weighted by Gasteiger charge is 2.24. The van der Waals surface area contributed by atoms with E-state index < -0.39 is 0 Å². The van der Waals surface area contributed by atoms with Gasteiger partial charge in [-0.15, -0.1) is 0 Å². The first-order valence-corrected chi connectivity index (χ1v) is 4.37. The Labute approximate surface area is 77.5 Å². The van der Waals surface area contributed by atoms with E-state index in [9.17, 15) is 0 Å². The van der Waals surface area contributed by atoms with Gasteiger partial charge in [-0.25, -0.2) is 0 Å². The van der Waals surface area contributed by atoms with Gasteiger partial charge in [0.15, 0.2) is 11.5 Å². The SMILES string of the molecule is COc1cccc2c1OC(CN)C2. The molecular formula is C10H13NO2. The van der Waals surface area contributed by atoms with Crippen LogP contribution in [0.3, 0.4) is 0 Å². The zero-order valence-corrected chi connectivity index (χ0v) is 7.62. The van der Waals surface area contributed by atoms with Crippen molar-refractivity contribution in [2.24, 2.45) is 5.73 Å². The number of ether oxygens (including phenoxy) is 2. The molecule has 1 atom stereocenters. The van der Waals surface area contributed by atoms with E-state index in [0.717, 1.165) is 17.9 Å². The van der Waals surface area contributed by atoms with Crippen LogP contribution in [0.15, 0.2) is 18.2 Å². The molecule has 0 spiro atoms. The van der Waals surface area contributed by atoms with Crippen LogP contribution in [0.25, 0.3) is 0 Å². The van der Waals surface area contributed by atoms with Crippen LogP contribution in [0.1, 0.15) is 5.56 Å². The summed E-state index contributed by atoms with van der Waals surface area (Å²) in [5, 5.41) is 0. The lowest BCUT2D eigenvalue weighted by Crippen LogP contribution is -2.24. The molecule has 2 rings (SSSR count). The molecule has 1 heterocycles. The van der Waals surface area contributed by atoms with Crippen molar-refractivity contribution in [3.63, 3.8) is 0 Å². The minimum Gasteiger partial charge on any atom is -0.493 e. The maximum Gasteiger partial charge on any atom is 0.164 e. The predicted octanol–water partition coefficient (Wildman–Crippen LogP) is 0.957. The summed E-state index contributed by atoms with van der Waals surface area (Å²) in [6, 6.07) is 5.92. The third-order valence-corrected chi connectivity index (χ3v) is 2.28. The summed E-state index contributed by atoms with van der Waals surface area (Å²) in [7, 11) is 1.65. The van der Waals surface area contributed by atoms with Crippen molar-refractivity contribution in [1.82, 2.24) is 0 Å². The Kier molecular flexibility index (Phi) is 2.10. The van der Waals surface area contributed by atoms with Crippen LogP contribution in [0.2, 0.25) is 0 Å². The molecule has 0 bridgehead atoms. The first-order chi connectivity index (χ1) is 6.35. The van der Waals surface area contributed by atoms with Gasteiger partial charge in [0, 0.05) is 18.5 Å². The maximum absolute atomic E-state index is 5.63. The standard InChI is InChI=1S/C10H13NO2/c1-12-9-4-2-3-7-5-8(6-11)13-10(7)9/h2-4,8H,5-6,11H2,1H3. The minimum atomic E-state index is 0.117. The van der Waals surface area contributed by atoms with Gasteiger partial charge in [-0.05, 0) is 6.07 Å². The number of para-hydroxylation sites is 1. The highest BCUT2D eigenvalue weighted by Crippen LogP contribution is 2.37. The molecule has 0 fully saturated rings. The van der Waals surface area contributed by atoms with E-state index >= 15 is 0 Å². The number of hydrogen-bond acceptors (Lipinski definition) is 3. The van der Waals surface area contributed by atoms with Crippen molar-refractivity contribution >= 4 is 0 Å². The number of methoxy groups -OCH3 is 1. The largest absolute Gasteiger partial charge is 0.493 e. The van der Waals surface area contributed by atoms with Crippen LogP contribution in [0, 0.1) is 0 Å². The van der Waals surface area contributed by atoms with Gasteiger partial charge in [-0.3, -0.25) is 0 Å².